The van der Waals surface area contributed by atoms with Crippen LogP contribution in [0.1, 0.15) is 41.3 Å². The molecule has 2 aromatic rings. The van der Waals surface area contributed by atoms with Crippen LogP contribution >= 0.6 is 0 Å². The summed E-state index contributed by atoms with van der Waals surface area (Å²) in [6.07, 6.45) is 3.30. The van der Waals surface area contributed by atoms with Crippen LogP contribution < -0.4 is 9.47 Å². The number of Topliss-reactive ketones (excluding diaryl/α,β-unsaturated/α-hetero) is 1. The van der Waals surface area contributed by atoms with Gasteiger partial charge in [-0.2, -0.15) is 0 Å². The SMILES string of the molecule is CCOC(=O)C1CCCN(Cc2c(O)ccc3c2O/C(=C\c2ccccc2OC)C3=O)C1. The van der Waals surface area contributed by atoms with E-state index in [1.54, 1.807) is 26.2 Å². The predicted molar refractivity (Wildman–Crippen MR) is 119 cm³/mol. The van der Waals surface area contributed by atoms with Crippen molar-refractivity contribution in [3.8, 4) is 17.2 Å². The molecule has 0 bridgehead atoms. The number of rotatable bonds is 6. The highest BCUT2D eigenvalue weighted by atomic mass is 16.5. The zero-order chi connectivity index (χ0) is 22.7. The Morgan fingerprint density at radius 2 is 2.09 bits per heavy atom. The van der Waals surface area contributed by atoms with Gasteiger partial charge < -0.3 is 19.3 Å². The van der Waals surface area contributed by atoms with E-state index in [4.69, 9.17) is 14.2 Å². The van der Waals surface area contributed by atoms with Crippen molar-refractivity contribution in [2.75, 3.05) is 26.8 Å². The average Bonchev–Trinajstić information content (AvgIpc) is 3.12. The van der Waals surface area contributed by atoms with Crippen LogP contribution in [-0.2, 0) is 16.1 Å². The number of ether oxygens (including phenoxy) is 3. The van der Waals surface area contributed by atoms with Crippen molar-refractivity contribution in [3.63, 3.8) is 0 Å². The summed E-state index contributed by atoms with van der Waals surface area (Å²) >= 11 is 0. The van der Waals surface area contributed by atoms with E-state index in [2.05, 4.69) is 4.90 Å². The molecule has 1 fully saturated rings. The molecule has 1 N–H and O–H groups in total. The summed E-state index contributed by atoms with van der Waals surface area (Å²) < 4.78 is 16.5. The van der Waals surface area contributed by atoms with Crippen LogP contribution in [0.25, 0.3) is 6.08 Å². The number of aromatic hydroxyl groups is 1. The Morgan fingerprint density at radius 1 is 1.28 bits per heavy atom. The second kappa shape index (κ2) is 9.44. The van der Waals surface area contributed by atoms with Gasteiger partial charge in [0.1, 0.15) is 17.2 Å². The quantitative estimate of drug-likeness (QED) is 0.544. The second-order valence-corrected chi connectivity index (χ2v) is 7.95. The van der Waals surface area contributed by atoms with Gasteiger partial charge in [0.2, 0.25) is 5.78 Å². The molecule has 0 saturated carbocycles. The summed E-state index contributed by atoms with van der Waals surface area (Å²) in [6.45, 7) is 3.87. The zero-order valence-electron chi connectivity index (χ0n) is 18.3. The minimum atomic E-state index is -0.241. The maximum atomic E-state index is 13.0. The highest BCUT2D eigenvalue weighted by Crippen LogP contribution is 2.41. The third-order valence-electron chi connectivity index (χ3n) is 5.85. The van der Waals surface area contributed by atoms with E-state index in [1.165, 1.54) is 6.07 Å². The molecule has 1 unspecified atom stereocenters. The first-order chi connectivity index (χ1) is 15.5. The lowest BCUT2D eigenvalue weighted by Gasteiger charge is -2.31. The van der Waals surface area contributed by atoms with E-state index in [9.17, 15) is 14.7 Å². The number of likely N-dealkylation sites (tertiary alicyclic amines) is 1. The fraction of sp³-hybridized carbons (Fsp3) is 0.360. The number of hydrogen-bond acceptors (Lipinski definition) is 7. The Morgan fingerprint density at radius 3 is 2.88 bits per heavy atom. The largest absolute Gasteiger partial charge is 0.507 e. The highest BCUT2D eigenvalue weighted by molar-refractivity contribution is 6.15. The number of ketones is 1. The lowest BCUT2D eigenvalue weighted by Crippen LogP contribution is -2.39. The number of phenolic OH excluding ortho intramolecular Hbond substituents is 1. The van der Waals surface area contributed by atoms with Gasteiger partial charge in [0.25, 0.3) is 0 Å². The van der Waals surface area contributed by atoms with E-state index in [-0.39, 0.29) is 29.2 Å². The van der Waals surface area contributed by atoms with Gasteiger partial charge in [0, 0.05) is 18.7 Å². The molecule has 0 amide bonds. The summed E-state index contributed by atoms with van der Waals surface area (Å²) in [7, 11) is 1.57. The third-order valence-corrected chi connectivity index (χ3v) is 5.85. The van der Waals surface area contributed by atoms with Crippen molar-refractivity contribution in [3.05, 3.63) is 58.8 Å². The fourth-order valence-electron chi connectivity index (χ4n) is 4.25. The van der Waals surface area contributed by atoms with Gasteiger partial charge in [-0.15, -0.1) is 0 Å². The van der Waals surface area contributed by atoms with Gasteiger partial charge in [-0.3, -0.25) is 14.5 Å². The topological polar surface area (TPSA) is 85.3 Å². The normalized spacial score (nSPS) is 19.5. The van der Waals surface area contributed by atoms with E-state index in [0.29, 0.717) is 42.3 Å². The number of fused-ring (bicyclic) bond motifs is 1. The first kappa shape index (κ1) is 21.9. The number of carbonyl (C=O) groups excluding carboxylic acids is 2. The van der Waals surface area contributed by atoms with Gasteiger partial charge in [-0.1, -0.05) is 18.2 Å². The van der Waals surface area contributed by atoms with Crippen molar-refractivity contribution in [2.24, 2.45) is 5.92 Å². The van der Waals surface area contributed by atoms with Gasteiger partial charge >= 0.3 is 5.97 Å². The van der Waals surface area contributed by atoms with E-state index in [1.807, 2.05) is 24.3 Å². The van der Waals surface area contributed by atoms with Crippen molar-refractivity contribution in [2.45, 2.75) is 26.3 Å². The van der Waals surface area contributed by atoms with Crippen molar-refractivity contribution in [1.82, 2.24) is 4.90 Å². The van der Waals surface area contributed by atoms with Crippen LogP contribution in [0.3, 0.4) is 0 Å². The smallest absolute Gasteiger partial charge is 0.310 e. The fourth-order valence-corrected chi connectivity index (χ4v) is 4.25. The Labute approximate surface area is 187 Å². The van der Waals surface area contributed by atoms with Gasteiger partial charge in [-0.25, -0.2) is 0 Å². The molecule has 0 aliphatic carbocycles. The molecular formula is C25H27NO6. The Kier molecular flexibility index (Phi) is 6.46. The number of para-hydroxylation sites is 1. The van der Waals surface area contributed by atoms with E-state index < -0.39 is 0 Å². The minimum Gasteiger partial charge on any atom is -0.507 e. The number of benzene rings is 2. The number of esters is 1. The highest BCUT2D eigenvalue weighted by Gasteiger charge is 2.33. The third kappa shape index (κ3) is 4.34. The van der Waals surface area contributed by atoms with Gasteiger partial charge in [0.15, 0.2) is 5.76 Å². The van der Waals surface area contributed by atoms with Crippen LogP contribution in [-0.4, -0.2) is 48.6 Å². The lowest BCUT2D eigenvalue weighted by molar-refractivity contribution is -0.150. The monoisotopic (exact) mass is 437 g/mol. The molecule has 0 aromatic heterocycles. The molecule has 4 rings (SSSR count). The summed E-state index contributed by atoms with van der Waals surface area (Å²) in [6, 6.07) is 10.5. The first-order valence-corrected chi connectivity index (χ1v) is 10.8. The Balaban J connectivity index is 1.58. The molecule has 32 heavy (non-hydrogen) atoms. The molecule has 2 heterocycles. The van der Waals surface area contributed by atoms with E-state index >= 15 is 0 Å². The van der Waals surface area contributed by atoms with Gasteiger partial charge in [0.05, 0.1) is 30.8 Å². The summed E-state index contributed by atoms with van der Waals surface area (Å²) in [5, 5.41) is 10.6. The van der Waals surface area contributed by atoms with Crippen LogP contribution in [0.2, 0.25) is 0 Å². The molecule has 7 heteroatoms. The second-order valence-electron chi connectivity index (χ2n) is 7.95. The molecule has 0 spiro atoms. The van der Waals surface area contributed by atoms with Crippen molar-refractivity contribution < 1.29 is 28.9 Å². The molecule has 168 valence electrons. The number of carbonyl (C=O) groups is 2. The maximum absolute atomic E-state index is 13.0. The lowest BCUT2D eigenvalue weighted by atomic mass is 9.97. The standard InChI is InChI=1S/C25H27NO6/c1-3-31-25(29)17-8-6-12-26(14-17)15-19-20(27)11-10-18-23(28)22(32-24(18)19)13-16-7-4-5-9-21(16)30-2/h4-5,7,9-11,13,17,27H,3,6,8,12,14-15H2,1-2H3/b22-13-. The number of allylic oxidation sites excluding steroid dienone is 1. The van der Waals surface area contributed by atoms with Crippen LogP contribution in [0, 0.1) is 5.92 Å². The van der Waals surface area contributed by atoms with Crippen molar-refractivity contribution >= 4 is 17.8 Å². The molecule has 0 radical (unpaired) electrons. The summed E-state index contributed by atoms with van der Waals surface area (Å²) in [5.41, 5.74) is 1.69. The average molecular weight is 437 g/mol. The molecule has 2 aliphatic rings. The van der Waals surface area contributed by atoms with Crippen LogP contribution in [0.5, 0.6) is 17.2 Å². The molecule has 2 aromatic carbocycles. The number of methoxy groups -OCH3 is 1. The summed E-state index contributed by atoms with van der Waals surface area (Å²) in [5.74, 6) is 0.630. The number of nitrogens with zero attached hydrogens (tertiary/aromatic N) is 1. The Bertz CT molecular complexity index is 1060. The molecule has 1 saturated heterocycles. The maximum Gasteiger partial charge on any atom is 0.310 e. The van der Waals surface area contributed by atoms with Crippen LogP contribution in [0.4, 0.5) is 0 Å². The molecule has 2 aliphatic heterocycles. The van der Waals surface area contributed by atoms with Crippen LogP contribution in [0.15, 0.2) is 42.2 Å². The van der Waals surface area contributed by atoms with Gasteiger partial charge in [-0.05, 0) is 50.6 Å². The van der Waals surface area contributed by atoms with Crippen molar-refractivity contribution in [1.29, 1.82) is 0 Å². The summed E-state index contributed by atoms with van der Waals surface area (Å²) in [4.78, 5) is 27.2. The number of phenols is 1. The first-order valence-electron chi connectivity index (χ1n) is 10.8. The predicted octanol–water partition coefficient (Wildman–Crippen LogP) is 3.79. The minimum absolute atomic E-state index is 0.0633. The zero-order valence-corrected chi connectivity index (χ0v) is 18.3. The molecule has 1 atom stereocenters. The number of hydrogen-bond donors (Lipinski definition) is 1. The van der Waals surface area contributed by atoms with E-state index in [0.717, 1.165) is 24.9 Å². The Hall–Kier alpha value is -3.32. The number of piperidine rings is 1. The molecular weight excluding hydrogens is 410 g/mol. The molecule has 7 nitrogen and oxygen atoms in total.